The van der Waals surface area contributed by atoms with E-state index in [1.54, 1.807) is 12.1 Å². The molecule has 0 saturated heterocycles. The van der Waals surface area contributed by atoms with Crippen LogP contribution in [0.25, 0.3) is 0 Å². The van der Waals surface area contributed by atoms with Crippen LogP contribution in [-0.2, 0) is 11.2 Å². The van der Waals surface area contributed by atoms with Crippen molar-refractivity contribution in [3.63, 3.8) is 0 Å². The Morgan fingerprint density at radius 3 is 2.77 bits per heavy atom. The summed E-state index contributed by atoms with van der Waals surface area (Å²) in [5.41, 5.74) is 3.42. The first-order valence-electron chi connectivity index (χ1n) is 12.2. The van der Waals surface area contributed by atoms with Gasteiger partial charge in [0.2, 0.25) is 5.91 Å². The number of carbonyl (C=O) groups excluding carboxylic acids is 1. The maximum Gasteiger partial charge on any atom is 0.222 e. The highest BCUT2D eigenvalue weighted by Crippen LogP contribution is 2.62. The summed E-state index contributed by atoms with van der Waals surface area (Å²) in [6, 6.07) is 5.35. The van der Waals surface area contributed by atoms with Crippen LogP contribution in [0.4, 0.5) is 4.39 Å². The summed E-state index contributed by atoms with van der Waals surface area (Å²) in [4.78, 5) is 14.4. The lowest BCUT2D eigenvalue weighted by molar-refractivity contribution is -0.131. The van der Waals surface area contributed by atoms with Crippen molar-refractivity contribution in [2.45, 2.75) is 78.1 Å². The highest BCUT2D eigenvalue weighted by molar-refractivity contribution is 5.92. The van der Waals surface area contributed by atoms with Crippen LogP contribution in [0, 0.1) is 29.0 Å². The molecule has 2 saturated carbocycles. The quantitative estimate of drug-likeness (QED) is 0.461. The third kappa shape index (κ3) is 3.89. The average Bonchev–Trinajstić information content (AvgIpc) is 3.06. The van der Waals surface area contributed by atoms with Crippen molar-refractivity contribution in [2.24, 2.45) is 28.3 Å². The first-order valence-corrected chi connectivity index (χ1v) is 12.2. The van der Waals surface area contributed by atoms with Gasteiger partial charge in [-0.25, -0.2) is 4.39 Å². The molecule has 4 rings (SSSR count). The summed E-state index contributed by atoms with van der Waals surface area (Å²) in [5.74, 6) is 2.05. The van der Waals surface area contributed by atoms with Crippen molar-refractivity contribution >= 4 is 11.6 Å². The molecule has 0 radical (unpaired) electrons. The van der Waals surface area contributed by atoms with Crippen LogP contribution in [-0.4, -0.2) is 34.8 Å². The van der Waals surface area contributed by atoms with E-state index < -0.39 is 0 Å². The minimum atomic E-state index is -0.135. The molecule has 0 spiro atoms. The van der Waals surface area contributed by atoms with Crippen LogP contribution >= 0.6 is 0 Å². The Bertz CT molecular complexity index is 850. The van der Waals surface area contributed by atoms with Crippen LogP contribution in [0.15, 0.2) is 23.4 Å². The maximum atomic E-state index is 13.8. The number of nitrogens with zero attached hydrogens (tertiary/aromatic N) is 2. The lowest BCUT2D eigenvalue weighted by Gasteiger charge is -2.50. The van der Waals surface area contributed by atoms with E-state index in [1.807, 2.05) is 24.8 Å². The lowest BCUT2D eigenvalue weighted by atomic mass is 9.54. The van der Waals surface area contributed by atoms with Crippen LogP contribution in [0.2, 0.25) is 0 Å². The molecule has 1 amide bonds. The highest BCUT2D eigenvalue weighted by atomic mass is 19.1. The second-order valence-electron chi connectivity index (χ2n) is 10.1. The highest BCUT2D eigenvalue weighted by Gasteiger charge is 2.57. The van der Waals surface area contributed by atoms with E-state index >= 15 is 0 Å². The molecule has 5 heteroatoms. The van der Waals surface area contributed by atoms with E-state index in [0.717, 1.165) is 63.7 Å². The molecule has 170 valence electrons. The van der Waals surface area contributed by atoms with Crippen LogP contribution in [0.5, 0.6) is 0 Å². The van der Waals surface area contributed by atoms with Crippen molar-refractivity contribution in [1.29, 1.82) is 0 Å². The van der Waals surface area contributed by atoms with Crippen LogP contribution < -0.4 is 0 Å². The molecule has 3 unspecified atom stereocenters. The molecule has 1 N–H and O–H groups in total. The van der Waals surface area contributed by atoms with Gasteiger partial charge in [-0.1, -0.05) is 18.1 Å². The third-order valence-corrected chi connectivity index (χ3v) is 8.77. The molecule has 0 bridgehead atoms. The SMILES string of the molecule is CCN(CC)C(=O)CCC[C@@H]1C/C(=N\O)[C@@]2(C)CCC3c4ccc(F)cc4CCC3C12. The molecule has 3 aliphatic rings. The molecule has 0 aliphatic heterocycles. The van der Waals surface area contributed by atoms with Crippen molar-refractivity contribution in [1.82, 2.24) is 4.90 Å². The Hall–Kier alpha value is -1.91. The van der Waals surface area contributed by atoms with Gasteiger partial charge in [0.15, 0.2) is 0 Å². The number of hydrogen-bond acceptors (Lipinski definition) is 3. The van der Waals surface area contributed by atoms with Gasteiger partial charge >= 0.3 is 0 Å². The first-order chi connectivity index (χ1) is 14.9. The fourth-order valence-electron chi connectivity index (χ4n) is 7.30. The predicted octanol–water partition coefficient (Wildman–Crippen LogP) is 5.78. The molecule has 4 nitrogen and oxygen atoms in total. The number of hydrogen-bond donors (Lipinski definition) is 1. The lowest BCUT2D eigenvalue weighted by Crippen LogP contribution is -2.44. The van der Waals surface area contributed by atoms with Crippen molar-refractivity contribution in [3.8, 4) is 0 Å². The van der Waals surface area contributed by atoms with Gasteiger partial charge in [-0.2, -0.15) is 0 Å². The number of fused-ring (bicyclic) bond motifs is 5. The normalized spacial score (nSPS) is 33.0. The smallest absolute Gasteiger partial charge is 0.222 e. The number of benzene rings is 1. The number of rotatable bonds is 6. The number of aryl methyl sites for hydroxylation is 1. The number of amides is 1. The summed E-state index contributed by atoms with van der Waals surface area (Å²) in [6.07, 6.45) is 7.44. The van der Waals surface area contributed by atoms with Gasteiger partial charge in [-0.3, -0.25) is 4.79 Å². The minimum Gasteiger partial charge on any atom is -0.411 e. The summed E-state index contributed by atoms with van der Waals surface area (Å²) >= 11 is 0. The van der Waals surface area contributed by atoms with Crippen molar-refractivity contribution < 1.29 is 14.4 Å². The largest absolute Gasteiger partial charge is 0.411 e. The second-order valence-corrected chi connectivity index (χ2v) is 10.1. The molecule has 3 aliphatic carbocycles. The topological polar surface area (TPSA) is 52.9 Å². The van der Waals surface area contributed by atoms with Gasteiger partial charge < -0.3 is 10.1 Å². The van der Waals surface area contributed by atoms with Gasteiger partial charge in [0.1, 0.15) is 5.82 Å². The Balaban J connectivity index is 1.53. The van der Waals surface area contributed by atoms with Gasteiger partial charge in [0, 0.05) is 24.9 Å². The summed E-state index contributed by atoms with van der Waals surface area (Å²) in [7, 11) is 0. The van der Waals surface area contributed by atoms with Gasteiger partial charge in [-0.15, -0.1) is 0 Å². The van der Waals surface area contributed by atoms with E-state index in [0.29, 0.717) is 30.1 Å². The van der Waals surface area contributed by atoms with E-state index in [2.05, 4.69) is 12.1 Å². The van der Waals surface area contributed by atoms with Crippen LogP contribution in [0.1, 0.15) is 82.8 Å². The monoisotopic (exact) mass is 428 g/mol. The summed E-state index contributed by atoms with van der Waals surface area (Å²) in [6.45, 7) is 7.89. The van der Waals surface area contributed by atoms with Gasteiger partial charge in [0.05, 0.1) is 5.71 Å². The standard InChI is InChI=1S/C26H37FN2O2/c1-4-29(5-2)24(30)8-6-7-18-16-23(28-31)26(3)14-13-21-20-12-10-19(27)15-17(20)9-11-22(21)25(18)26/h10,12,15,18,21-22,25,31H,4-9,11,13-14,16H2,1-3H3/b28-23+/t18-,21?,22?,25?,26-/m1/s1. The molecule has 2 fully saturated rings. The predicted molar refractivity (Wildman–Crippen MR) is 121 cm³/mol. The van der Waals surface area contributed by atoms with Crippen molar-refractivity contribution in [3.05, 3.63) is 35.1 Å². The number of oxime groups is 1. The van der Waals surface area contributed by atoms with Crippen molar-refractivity contribution in [2.75, 3.05) is 13.1 Å². The fourth-order valence-corrected chi connectivity index (χ4v) is 7.30. The Kier molecular flexibility index (Phi) is 6.41. The molecule has 0 aromatic heterocycles. The molecule has 1 aromatic carbocycles. The van der Waals surface area contributed by atoms with Gasteiger partial charge in [-0.05, 0) is 106 Å². The second kappa shape index (κ2) is 8.91. The summed E-state index contributed by atoms with van der Waals surface area (Å²) in [5, 5.41) is 13.6. The molecule has 1 aromatic rings. The molecular weight excluding hydrogens is 391 g/mol. The molecular formula is C26H37FN2O2. The fraction of sp³-hybridized carbons (Fsp3) is 0.692. The third-order valence-electron chi connectivity index (χ3n) is 8.77. The number of halogens is 1. The Morgan fingerprint density at radius 2 is 2.06 bits per heavy atom. The zero-order valence-electron chi connectivity index (χ0n) is 19.2. The van der Waals surface area contributed by atoms with E-state index in [-0.39, 0.29) is 17.1 Å². The van der Waals surface area contributed by atoms with Gasteiger partial charge in [0.25, 0.3) is 0 Å². The average molecular weight is 429 g/mol. The Morgan fingerprint density at radius 1 is 1.29 bits per heavy atom. The molecule has 5 atom stereocenters. The Labute approximate surface area is 185 Å². The van der Waals surface area contributed by atoms with Crippen LogP contribution in [0.3, 0.4) is 0 Å². The molecule has 31 heavy (non-hydrogen) atoms. The first kappa shape index (κ1) is 22.3. The minimum absolute atomic E-state index is 0.0546. The summed E-state index contributed by atoms with van der Waals surface area (Å²) < 4.78 is 13.8. The molecule has 0 heterocycles. The van der Waals surface area contributed by atoms with E-state index in [4.69, 9.17) is 0 Å². The van der Waals surface area contributed by atoms with E-state index in [9.17, 15) is 14.4 Å². The zero-order valence-corrected chi connectivity index (χ0v) is 19.2. The number of carbonyl (C=O) groups is 1. The maximum absolute atomic E-state index is 13.8. The van der Waals surface area contributed by atoms with E-state index in [1.165, 1.54) is 11.1 Å². The zero-order chi connectivity index (χ0) is 22.2.